The molecule has 0 spiro atoms. The predicted molar refractivity (Wildman–Crippen MR) is 114 cm³/mol. The molecule has 0 aliphatic carbocycles. The zero-order valence-corrected chi connectivity index (χ0v) is 16.4. The Labute approximate surface area is 169 Å². The van der Waals surface area contributed by atoms with Gasteiger partial charge < -0.3 is 4.90 Å². The number of carbonyl (C=O) groups excluding carboxylic acids is 1. The van der Waals surface area contributed by atoms with Crippen molar-refractivity contribution in [3.8, 4) is 0 Å². The van der Waals surface area contributed by atoms with Crippen molar-refractivity contribution in [2.24, 2.45) is 0 Å². The van der Waals surface area contributed by atoms with E-state index in [1.54, 1.807) is 12.4 Å². The lowest BCUT2D eigenvalue weighted by molar-refractivity contribution is 0.0984. The van der Waals surface area contributed by atoms with Crippen molar-refractivity contribution in [1.82, 2.24) is 14.8 Å². The zero-order chi connectivity index (χ0) is 19.8. The molecular formula is C24H22N4O. The van der Waals surface area contributed by atoms with E-state index in [0.29, 0.717) is 12.1 Å². The number of amides is 1. The van der Waals surface area contributed by atoms with E-state index < -0.39 is 0 Å². The smallest absolute Gasteiger partial charge is 0.259 e. The van der Waals surface area contributed by atoms with Gasteiger partial charge >= 0.3 is 0 Å². The van der Waals surface area contributed by atoms with E-state index in [2.05, 4.69) is 47.3 Å². The molecule has 4 aromatic rings. The quantitative estimate of drug-likeness (QED) is 0.528. The lowest BCUT2D eigenvalue weighted by Gasteiger charge is -2.31. The predicted octanol–water partition coefficient (Wildman–Crippen LogP) is 4.38. The molecule has 2 aromatic heterocycles. The van der Waals surface area contributed by atoms with E-state index in [1.165, 1.54) is 11.1 Å². The summed E-state index contributed by atoms with van der Waals surface area (Å²) in [5.41, 5.74) is 6.01. The highest BCUT2D eigenvalue weighted by atomic mass is 16.2. The average Bonchev–Trinajstić information content (AvgIpc) is 3.16. The summed E-state index contributed by atoms with van der Waals surface area (Å²) in [6, 6.07) is 18.3. The van der Waals surface area contributed by atoms with Crippen molar-refractivity contribution in [2.45, 2.75) is 26.3 Å². The third-order valence-electron chi connectivity index (χ3n) is 5.56. The van der Waals surface area contributed by atoms with Crippen molar-refractivity contribution in [3.63, 3.8) is 0 Å². The molecular weight excluding hydrogens is 360 g/mol. The summed E-state index contributed by atoms with van der Waals surface area (Å²) in [6.45, 7) is 3.46. The van der Waals surface area contributed by atoms with Gasteiger partial charge in [-0.05, 0) is 42.5 Å². The Morgan fingerprint density at radius 3 is 2.79 bits per heavy atom. The normalized spacial score (nSPS) is 13.5. The number of aryl methyl sites for hydroxylation is 2. The summed E-state index contributed by atoms with van der Waals surface area (Å²) >= 11 is 0. The number of fused-ring (bicyclic) bond motifs is 2. The second kappa shape index (κ2) is 7.17. The molecule has 5 rings (SSSR count). The number of hydrogen-bond acceptors (Lipinski definition) is 3. The minimum absolute atomic E-state index is 0.00505. The number of para-hydroxylation sites is 1. The maximum atomic E-state index is 13.3. The molecule has 0 N–H and O–H groups in total. The molecule has 0 bridgehead atoms. The third-order valence-corrected chi connectivity index (χ3v) is 5.56. The fraction of sp³-hybridized carbons (Fsp3) is 0.208. The van der Waals surface area contributed by atoms with E-state index in [9.17, 15) is 4.79 Å². The molecule has 1 aliphatic heterocycles. The van der Waals surface area contributed by atoms with Crippen LogP contribution in [0, 0.1) is 6.92 Å². The molecule has 2 aromatic carbocycles. The van der Waals surface area contributed by atoms with Gasteiger partial charge in [0.15, 0.2) is 5.65 Å². The zero-order valence-electron chi connectivity index (χ0n) is 16.4. The van der Waals surface area contributed by atoms with Gasteiger partial charge in [0.05, 0.1) is 24.0 Å². The lowest BCUT2D eigenvalue weighted by Crippen LogP contribution is -2.36. The third kappa shape index (κ3) is 3.18. The fourth-order valence-corrected chi connectivity index (χ4v) is 4.17. The number of anilines is 1. The van der Waals surface area contributed by atoms with E-state index in [0.717, 1.165) is 41.7 Å². The Kier molecular flexibility index (Phi) is 4.35. The molecule has 0 saturated carbocycles. The van der Waals surface area contributed by atoms with Crippen LogP contribution in [0.5, 0.6) is 0 Å². The summed E-state index contributed by atoms with van der Waals surface area (Å²) in [4.78, 5) is 19.8. The summed E-state index contributed by atoms with van der Waals surface area (Å²) in [5, 5.41) is 5.37. The Morgan fingerprint density at radius 2 is 1.93 bits per heavy atom. The molecule has 3 heterocycles. The number of pyridine rings is 1. The van der Waals surface area contributed by atoms with Crippen LogP contribution in [0.1, 0.15) is 33.5 Å². The molecule has 1 aliphatic rings. The fourth-order valence-electron chi connectivity index (χ4n) is 4.17. The second-order valence-corrected chi connectivity index (χ2v) is 7.57. The molecule has 5 nitrogen and oxygen atoms in total. The Bertz CT molecular complexity index is 1200. The van der Waals surface area contributed by atoms with Crippen LogP contribution < -0.4 is 4.90 Å². The molecule has 0 unspecified atom stereocenters. The first-order valence-electron chi connectivity index (χ1n) is 9.96. The van der Waals surface area contributed by atoms with Gasteiger partial charge in [-0.2, -0.15) is 5.10 Å². The molecule has 29 heavy (non-hydrogen) atoms. The molecule has 0 fully saturated rings. The van der Waals surface area contributed by atoms with Crippen LogP contribution in [-0.4, -0.2) is 27.2 Å². The van der Waals surface area contributed by atoms with Gasteiger partial charge in [-0.1, -0.05) is 48.5 Å². The van der Waals surface area contributed by atoms with Crippen molar-refractivity contribution in [3.05, 3.63) is 89.2 Å². The maximum Gasteiger partial charge on any atom is 0.259 e. The van der Waals surface area contributed by atoms with E-state index in [-0.39, 0.29) is 5.91 Å². The Balaban J connectivity index is 1.47. The van der Waals surface area contributed by atoms with E-state index >= 15 is 0 Å². The van der Waals surface area contributed by atoms with Crippen LogP contribution in [0.4, 0.5) is 5.69 Å². The molecule has 0 radical (unpaired) electrons. The standard InChI is InChI=1S/C24H22N4O/c1-17-7-5-10-19-11-6-12-27(22(17)19)24(29)21-13-20-15-26-28(23(20)25-14-21)16-18-8-3-2-4-9-18/h2-5,7-10,13-15H,6,11-12,16H2,1H3. The SMILES string of the molecule is Cc1cccc2c1N(C(=O)c1cnc3c(cnn3Cc3ccccc3)c1)CCC2. The van der Waals surface area contributed by atoms with Crippen LogP contribution in [0.2, 0.25) is 0 Å². The monoisotopic (exact) mass is 382 g/mol. The molecule has 0 saturated heterocycles. The topological polar surface area (TPSA) is 51.0 Å². The number of nitrogens with zero attached hydrogens (tertiary/aromatic N) is 4. The maximum absolute atomic E-state index is 13.3. The summed E-state index contributed by atoms with van der Waals surface area (Å²) < 4.78 is 1.87. The highest BCUT2D eigenvalue weighted by Crippen LogP contribution is 2.31. The summed E-state index contributed by atoms with van der Waals surface area (Å²) in [5.74, 6) is 0.00505. The minimum Gasteiger partial charge on any atom is -0.308 e. The van der Waals surface area contributed by atoms with Crippen LogP contribution in [0.15, 0.2) is 67.0 Å². The van der Waals surface area contributed by atoms with Crippen molar-refractivity contribution in [1.29, 1.82) is 0 Å². The Morgan fingerprint density at radius 1 is 1.07 bits per heavy atom. The number of rotatable bonds is 3. The Hall–Kier alpha value is -3.47. The average molecular weight is 382 g/mol. The van der Waals surface area contributed by atoms with Crippen LogP contribution >= 0.6 is 0 Å². The number of aromatic nitrogens is 3. The first kappa shape index (κ1) is 17.6. The molecule has 144 valence electrons. The van der Waals surface area contributed by atoms with Crippen LogP contribution in [0.25, 0.3) is 11.0 Å². The molecule has 0 atom stereocenters. The summed E-state index contributed by atoms with van der Waals surface area (Å²) in [6.07, 6.45) is 5.47. The molecule has 5 heteroatoms. The van der Waals surface area contributed by atoms with Gasteiger partial charge in [0.2, 0.25) is 0 Å². The lowest BCUT2D eigenvalue weighted by atomic mass is 9.97. The number of carbonyl (C=O) groups is 1. The first-order valence-corrected chi connectivity index (χ1v) is 9.96. The molecule has 1 amide bonds. The van der Waals surface area contributed by atoms with E-state index in [1.807, 2.05) is 33.8 Å². The minimum atomic E-state index is 0.00505. The number of hydrogen-bond donors (Lipinski definition) is 0. The van der Waals surface area contributed by atoms with E-state index in [4.69, 9.17) is 0 Å². The van der Waals surface area contributed by atoms with Gasteiger partial charge in [-0.3, -0.25) is 4.79 Å². The van der Waals surface area contributed by atoms with Gasteiger partial charge in [0, 0.05) is 18.1 Å². The number of benzene rings is 2. The van der Waals surface area contributed by atoms with Gasteiger partial charge in [-0.15, -0.1) is 0 Å². The highest BCUT2D eigenvalue weighted by molar-refractivity contribution is 6.08. The van der Waals surface area contributed by atoms with Crippen LogP contribution in [0.3, 0.4) is 0 Å². The van der Waals surface area contributed by atoms with Gasteiger partial charge in [0.25, 0.3) is 5.91 Å². The van der Waals surface area contributed by atoms with Gasteiger partial charge in [-0.25, -0.2) is 9.67 Å². The second-order valence-electron chi connectivity index (χ2n) is 7.57. The van der Waals surface area contributed by atoms with Crippen molar-refractivity contribution < 1.29 is 4.79 Å². The van der Waals surface area contributed by atoms with Crippen LogP contribution in [-0.2, 0) is 13.0 Å². The summed E-state index contributed by atoms with van der Waals surface area (Å²) in [7, 11) is 0. The van der Waals surface area contributed by atoms with Crippen molar-refractivity contribution >= 4 is 22.6 Å². The van der Waals surface area contributed by atoms with Gasteiger partial charge in [0.1, 0.15) is 0 Å². The first-order chi connectivity index (χ1) is 14.2. The van der Waals surface area contributed by atoms with Crippen molar-refractivity contribution in [2.75, 3.05) is 11.4 Å². The largest absolute Gasteiger partial charge is 0.308 e. The highest BCUT2D eigenvalue weighted by Gasteiger charge is 2.25.